The maximum atomic E-state index is 12.7. The molecule has 37 heavy (non-hydrogen) atoms. The second-order valence-corrected chi connectivity index (χ2v) is 10.6. The van der Waals surface area contributed by atoms with Crippen LogP contribution >= 0.6 is 0 Å². The van der Waals surface area contributed by atoms with E-state index in [1.54, 1.807) is 11.0 Å². The van der Waals surface area contributed by atoms with Crippen LogP contribution in [0.1, 0.15) is 47.9 Å². The lowest BCUT2D eigenvalue weighted by Gasteiger charge is -2.41. The summed E-state index contributed by atoms with van der Waals surface area (Å²) in [4.78, 5) is 16.7. The Labute approximate surface area is 216 Å². The molecular formula is C30H33F3N2O2. The highest BCUT2D eigenvalue weighted by Gasteiger charge is 2.38. The van der Waals surface area contributed by atoms with Crippen molar-refractivity contribution in [2.75, 3.05) is 32.7 Å². The van der Waals surface area contributed by atoms with Crippen LogP contribution in [0.5, 0.6) is 0 Å². The van der Waals surface area contributed by atoms with Crippen molar-refractivity contribution in [1.29, 1.82) is 0 Å². The standard InChI is InChI=1S/C30H33F3N2O2/c31-30(32,33)25-8-5-22(6-9-25)7-10-28(37)35-17-12-24(13-18-35)27(36)21-34-19-15-29(16-20-34)14-11-23-3-1-2-4-26(23)29/h1-11,14,24,27,36H,12-13,15-21H2. The van der Waals surface area contributed by atoms with E-state index in [1.165, 1.54) is 29.3 Å². The smallest absolute Gasteiger partial charge is 0.392 e. The van der Waals surface area contributed by atoms with Crippen molar-refractivity contribution >= 4 is 18.1 Å². The number of rotatable bonds is 5. The first-order valence-corrected chi connectivity index (χ1v) is 13.1. The second kappa shape index (κ2) is 10.5. The molecule has 0 saturated carbocycles. The number of fused-ring (bicyclic) bond motifs is 2. The summed E-state index contributed by atoms with van der Waals surface area (Å²) < 4.78 is 38.1. The molecule has 0 radical (unpaired) electrons. The van der Waals surface area contributed by atoms with Crippen LogP contribution in [0.2, 0.25) is 0 Å². The Morgan fingerprint density at radius 2 is 1.70 bits per heavy atom. The van der Waals surface area contributed by atoms with Crippen molar-refractivity contribution in [2.24, 2.45) is 5.92 Å². The number of amides is 1. The predicted octanol–water partition coefficient (Wildman–Crippen LogP) is 5.38. The Morgan fingerprint density at radius 3 is 2.38 bits per heavy atom. The average Bonchev–Trinajstić information content (AvgIpc) is 3.26. The van der Waals surface area contributed by atoms with Gasteiger partial charge in [0.15, 0.2) is 0 Å². The third-order valence-electron chi connectivity index (χ3n) is 8.32. The van der Waals surface area contributed by atoms with E-state index in [0.717, 1.165) is 50.9 Å². The predicted molar refractivity (Wildman–Crippen MR) is 139 cm³/mol. The molecule has 2 aliphatic heterocycles. The normalized spacial score (nSPS) is 21.0. The number of halogens is 3. The van der Waals surface area contributed by atoms with Gasteiger partial charge >= 0.3 is 6.18 Å². The summed E-state index contributed by atoms with van der Waals surface area (Å²) in [6.45, 7) is 3.72. The second-order valence-electron chi connectivity index (χ2n) is 10.6. The van der Waals surface area contributed by atoms with Crippen molar-refractivity contribution in [3.05, 3.63) is 82.9 Å². The number of aliphatic hydroxyl groups is 1. The molecule has 2 saturated heterocycles. The lowest BCUT2D eigenvalue weighted by atomic mass is 9.74. The Hall–Kier alpha value is -2.90. The molecule has 2 fully saturated rings. The number of likely N-dealkylation sites (tertiary alicyclic amines) is 2. The van der Waals surface area contributed by atoms with Crippen LogP contribution in [0.3, 0.4) is 0 Å². The fourth-order valence-electron chi connectivity index (χ4n) is 5.98. The molecule has 196 valence electrons. The minimum absolute atomic E-state index is 0.137. The lowest BCUT2D eigenvalue weighted by molar-refractivity contribution is -0.137. The highest BCUT2D eigenvalue weighted by molar-refractivity contribution is 5.91. The largest absolute Gasteiger partial charge is 0.416 e. The van der Waals surface area contributed by atoms with Gasteiger partial charge in [-0.2, -0.15) is 13.2 Å². The first-order chi connectivity index (χ1) is 17.7. The van der Waals surface area contributed by atoms with E-state index in [9.17, 15) is 23.1 Å². The molecular weight excluding hydrogens is 477 g/mol. The molecule has 2 aromatic carbocycles. The fourth-order valence-corrected chi connectivity index (χ4v) is 5.98. The molecule has 0 aromatic heterocycles. The molecule has 1 spiro atoms. The van der Waals surface area contributed by atoms with Crippen LogP contribution < -0.4 is 0 Å². The SMILES string of the molecule is O=C(C=Cc1ccc(C(F)(F)F)cc1)N1CCC(C(O)CN2CCC3(C=Cc4ccccc43)CC2)CC1. The minimum atomic E-state index is -4.37. The molecule has 1 amide bonds. The van der Waals surface area contributed by atoms with E-state index in [-0.39, 0.29) is 17.2 Å². The highest BCUT2D eigenvalue weighted by atomic mass is 19.4. The molecule has 5 rings (SSSR count). The van der Waals surface area contributed by atoms with E-state index < -0.39 is 17.8 Å². The van der Waals surface area contributed by atoms with Crippen LogP contribution in [0, 0.1) is 5.92 Å². The van der Waals surface area contributed by atoms with E-state index in [0.29, 0.717) is 25.2 Å². The quantitative estimate of drug-likeness (QED) is 0.550. The van der Waals surface area contributed by atoms with Gasteiger partial charge in [-0.15, -0.1) is 0 Å². The van der Waals surface area contributed by atoms with Crippen molar-refractivity contribution < 1.29 is 23.1 Å². The van der Waals surface area contributed by atoms with Crippen LogP contribution in [0.25, 0.3) is 12.2 Å². The van der Waals surface area contributed by atoms with Crippen molar-refractivity contribution in [2.45, 2.75) is 43.4 Å². The molecule has 1 unspecified atom stereocenters. The number of β-amino-alcohol motifs (C(OH)–C–C–N with tert-alkyl or cyclic N) is 1. The summed E-state index contributed by atoms with van der Waals surface area (Å²) in [7, 11) is 0. The highest BCUT2D eigenvalue weighted by Crippen LogP contribution is 2.43. The zero-order chi connectivity index (χ0) is 26.0. The maximum Gasteiger partial charge on any atom is 0.416 e. The Kier molecular flexibility index (Phi) is 7.28. The maximum absolute atomic E-state index is 12.7. The van der Waals surface area contributed by atoms with E-state index >= 15 is 0 Å². The van der Waals surface area contributed by atoms with Gasteiger partial charge in [0, 0.05) is 31.1 Å². The molecule has 2 aromatic rings. The number of hydrogen-bond acceptors (Lipinski definition) is 3. The summed E-state index contributed by atoms with van der Waals surface area (Å²) >= 11 is 0. The molecule has 1 N–H and O–H groups in total. The zero-order valence-electron chi connectivity index (χ0n) is 20.8. The van der Waals surface area contributed by atoms with Gasteiger partial charge in [-0.25, -0.2) is 0 Å². The van der Waals surface area contributed by atoms with Crippen LogP contribution in [-0.4, -0.2) is 59.6 Å². The molecule has 0 bridgehead atoms. The van der Waals surface area contributed by atoms with E-state index in [4.69, 9.17) is 0 Å². The third-order valence-corrected chi connectivity index (χ3v) is 8.32. The lowest BCUT2D eigenvalue weighted by Crippen LogP contribution is -2.47. The number of carbonyl (C=O) groups excluding carboxylic acids is 1. The van der Waals surface area contributed by atoms with Gasteiger partial charge in [0.2, 0.25) is 5.91 Å². The number of nitrogens with zero attached hydrogens (tertiary/aromatic N) is 2. The third kappa shape index (κ3) is 5.68. The molecule has 2 heterocycles. The van der Waals surface area contributed by atoms with Crippen LogP contribution in [0.4, 0.5) is 13.2 Å². The summed E-state index contributed by atoms with van der Waals surface area (Å²) in [6.07, 6.45) is 6.39. The summed E-state index contributed by atoms with van der Waals surface area (Å²) in [6, 6.07) is 13.4. The number of aliphatic hydroxyl groups excluding tert-OH is 1. The van der Waals surface area contributed by atoms with Crippen LogP contribution in [0.15, 0.2) is 60.7 Å². The van der Waals surface area contributed by atoms with Gasteiger partial charge in [0.05, 0.1) is 11.7 Å². The topological polar surface area (TPSA) is 43.8 Å². The Balaban J connectivity index is 1.07. The van der Waals surface area contributed by atoms with Gasteiger partial charge in [-0.3, -0.25) is 4.79 Å². The van der Waals surface area contributed by atoms with E-state index in [2.05, 4.69) is 41.3 Å². The molecule has 7 heteroatoms. The average molecular weight is 511 g/mol. The van der Waals surface area contributed by atoms with Gasteiger partial charge in [-0.05, 0) is 79.6 Å². The van der Waals surface area contributed by atoms with Crippen molar-refractivity contribution in [3.8, 4) is 0 Å². The molecule has 1 aliphatic carbocycles. The number of benzene rings is 2. The van der Waals surface area contributed by atoms with Gasteiger partial charge in [-0.1, -0.05) is 48.6 Å². The van der Waals surface area contributed by atoms with Crippen molar-refractivity contribution in [1.82, 2.24) is 9.80 Å². The Morgan fingerprint density at radius 1 is 1.03 bits per heavy atom. The van der Waals surface area contributed by atoms with Gasteiger partial charge in [0.1, 0.15) is 0 Å². The van der Waals surface area contributed by atoms with Crippen molar-refractivity contribution in [3.63, 3.8) is 0 Å². The number of carbonyl (C=O) groups is 1. The first kappa shape index (κ1) is 25.7. The molecule has 3 aliphatic rings. The monoisotopic (exact) mass is 510 g/mol. The van der Waals surface area contributed by atoms with Gasteiger partial charge < -0.3 is 14.9 Å². The number of alkyl halides is 3. The first-order valence-electron chi connectivity index (χ1n) is 13.1. The molecule has 1 atom stereocenters. The van der Waals surface area contributed by atoms with Gasteiger partial charge in [0.25, 0.3) is 0 Å². The van der Waals surface area contributed by atoms with E-state index in [1.807, 2.05) is 0 Å². The van der Waals surface area contributed by atoms with Crippen LogP contribution in [-0.2, 0) is 16.4 Å². The number of hydrogen-bond donors (Lipinski definition) is 1. The molecule has 4 nitrogen and oxygen atoms in total. The summed E-state index contributed by atoms with van der Waals surface area (Å²) in [5, 5.41) is 10.9. The fraction of sp³-hybridized carbons (Fsp3) is 0.433. The number of allylic oxidation sites excluding steroid dienone is 1. The minimum Gasteiger partial charge on any atom is -0.392 e. The Bertz CT molecular complexity index is 1160. The summed E-state index contributed by atoms with van der Waals surface area (Å²) in [5.41, 5.74) is 2.73. The number of piperidine rings is 2. The zero-order valence-corrected chi connectivity index (χ0v) is 20.8. The summed E-state index contributed by atoms with van der Waals surface area (Å²) in [5.74, 6) is 0.00463.